The molecule has 14 heavy (non-hydrogen) atoms. The number of hydrogen-bond donors (Lipinski definition) is 2. The topological polar surface area (TPSA) is 47.3 Å². The number of hydrogen-bond acceptors (Lipinski definition) is 3. The third kappa shape index (κ3) is 2.64. The lowest BCUT2D eigenvalue weighted by molar-refractivity contribution is 0.414. The first-order valence-electron chi connectivity index (χ1n) is 4.77. The first-order valence-corrected chi connectivity index (χ1v) is 4.77. The van der Waals surface area contributed by atoms with Crippen molar-refractivity contribution in [3.05, 3.63) is 23.8 Å². The lowest BCUT2D eigenvalue weighted by Gasteiger charge is -2.13. The Bertz CT molecular complexity index is 299. The van der Waals surface area contributed by atoms with Crippen molar-refractivity contribution in [3.8, 4) is 5.75 Å². The molecule has 3 N–H and O–H groups in total. The molecule has 0 fully saturated rings. The molecule has 0 aliphatic heterocycles. The van der Waals surface area contributed by atoms with E-state index in [0.717, 1.165) is 23.4 Å². The van der Waals surface area contributed by atoms with Crippen molar-refractivity contribution in [2.24, 2.45) is 0 Å². The van der Waals surface area contributed by atoms with E-state index in [1.807, 2.05) is 25.2 Å². The average molecular weight is 194 g/mol. The molecule has 0 saturated carbocycles. The van der Waals surface area contributed by atoms with Gasteiger partial charge in [-0.15, -0.1) is 0 Å². The minimum absolute atomic E-state index is 0.421. The third-order valence-corrected chi connectivity index (χ3v) is 2.37. The summed E-state index contributed by atoms with van der Waals surface area (Å²) in [6.45, 7) is 2.12. The van der Waals surface area contributed by atoms with E-state index < -0.39 is 0 Å². The molecule has 0 spiro atoms. The number of methoxy groups -OCH3 is 1. The number of nitrogens with two attached hydrogens (primary N) is 1. The Morgan fingerprint density at radius 1 is 1.50 bits per heavy atom. The van der Waals surface area contributed by atoms with Gasteiger partial charge in [0.15, 0.2) is 0 Å². The highest BCUT2D eigenvalue weighted by Crippen LogP contribution is 2.20. The Balaban J connectivity index is 2.83. The van der Waals surface area contributed by atoms with Crippen molar-refractivity contribution in [1.29, 1.82) is 0 Å². The number of nitrogens with one attached hydrogen (secondary N) is 1. The first kappa shape index (κ1) is 10.9. The molecule has 3 nitrogen and oxygen atoms in total. The fourth-order valence-corrected chi connectivity index (χ4v) is 1.32. The van der Waals surface area contributed by atoms with E-state index in [1.54, 1.807) is 7.11 Å². The predicted molar refractivity (Wildman–Crippen MR) is 59.6 cm³/mol. The molecule has 1 atom stereocenters. The van der Waals surface area contributed by atoms with Crippen LogP contribution in [0.25, 0.3) is 0 Å². The van der Waals surface area contributed by atoms with Crippen LogP contribution in [0.4, 0.5) is 5.69 Å². The van der Waals surface area contributed by atoms with Gasteiger partial charge >= 0.3 is 0 Å². The van der Waals surface area contributed by atoms with Gasteiger partial charge in [-0.1, -0.05) is 0 Å². The van der Waals surface area contributed by atoms with Crippen molar-refractivity contribution in [2.45, 2.75) is 19.4 Å². The van der Waals surface area contributed by atoms with E-state index in [1.165, 1.54) is 0 Å². The van der Waals surface area contributed by atoms with Gasteiger partial charge in [-0.05, 0) is 44.2 Å². The minimum atomic E-state index is 0.421. The van der Waals surface area contributed by atoms with Crippen LogP contribution < -0.4 is 15.8 Å². The van der Waals surface area contributed by atoms with Crippen LogP contribution in [0.15, 0.2) is 18.2 Å². The van der Waals surface area contributed by atoms with Crippen molar-refractivity contribution in [1.82, 2.24) is 5.32 Å². The van der Waals surface area contributed by atoms with Gasteiger partial charge in [-0.3, -0.25) is 0 Å². The molecule has 1 aromatic carbocycles. The Kier molecular flexibility index (Phi) is 3.77. The summed E-state index contributed by atoms with van der Waals surface area (Å²) in [6.07, 6.45) is 0.916. The molecule has 1 aromatic rings. The largest absolute Gasteiger partial charge is 0.497 e. The van der Waals surface area contributed by atoms with Gasteiger partial charge in [0.05, 0.1) is 7.11 Å². The van der Waals surface area contributed by atoms with Crippen molar-refractivity contribution in [3.63, 3.8) is 0 Å². The summed E-state index contributed by atoms with van der Waals surface area (Å²) >= 11 is 0. The lowest BCUT2D eigenvalue weighted by atomic mass is 10.1. The number of anilines is 1. The van der Waals surface area contributed by atoms with E-state index in [2.05, 4.69) is 12.2 Å². The fraction of sp³-hybridized carbons (Fsp3) is 0.455. The predicted octanol–water partition coefficient (Wildman–Crippen LogP) is 1.43. The standard InChI is InChI=1S/C11H18N2O/c1-8(13-2)6-9-7-10(14-3)4-5-11(9)12/h4-5,7-8,13H,6,12H2,1-3H3. The molecular formula is C11H18N2O. The molecule has 0 aliphatic rings. The molecule has 78 valence electrons. The summed E-state index contributed by atoms with van der Waals surface area (Å²) < 4.78 is 5.15. The molecule has 3 heteroatoms. The average Bonchev–Trinajstić information content (AvgIpc) is 2.21. The van der Waals surface area contributed by atoms with E-state index in [0.29, 0.717) is 6.04 Å². The quantitative estimate of drug-likeness (QED) is 0.713. The third-order valence-electron chi connectivity index (χ3n) is 2.37. The van der Waals surface area contributed by atoms with Crippen molar-refractivity contribution in [2.75, 3.05) is 19.9 Å². The Labute approximate surface area is 85.3 Å². The smallest absolute Gasteiger partial charge is 0.119 e. The molecule has 0 saturated heterocycles. The number of likely N-dealkylation sites (N-methyl/N-ethyl adjacent to an activating group) is 1. The summed E-state index contributed by atoms with van der Waals surface area (Å²) in [4.78, 5) is 0. The lowest BCUT2D eigenvalue weighted by Crippen LogP contribution is -2.23. The van der Waals surface area contributed by atoms with Crippen LogP contribution in [0.2, 0.25) is 0 Å². The molecule has 1 rings (SSSR count). The van der Waals surface area contributed by atoms with Crippen LogP contribution in [0.3, 0.4) is 0 Å². The molecule has 0 aliphatic carbocycles. The highest BCUT2D eigenvalue weighted by molar-refractivity contribution is 5.50. The van der Waals surface area contributed by atoms with E-state index >= 15 is 0 Å². The van der Waals surface area contributed by atoms with Gasteiger partial charge in [-0.2, -0.15) is 0 Å². The van der Waals surface area contributed by atoms with Gasteiger partial charge in [0.2, 0.25) is 0 Å². The molecule has 0 aromatic heterocycles. The van der Waals surface area contributed by atoms with E-state index in [4.69, 9.17) is 10.5 Å². The summed E-state index contributed by atoms with van der Waals surface area (Å²) in [5.74, 6) is 0.859. The SMILES string of the molecule is CNC(C)Cc1cc(OC)ccc1N. The van der Waals surface area contributed by atoms with Crippen LogP contribution in [0, 0.1) is 0 Å². The Hall–Kier alpha value is -1.22. The van der Waals surface area contributed by atoms with Crippen LogP contribution in [-0.2, 0) is 6.42 Å². The summed E-state index contributed by atoms with van der Waals surface area (Å²) in [6, 6.07) is 6.17. The van der Waals surface area contributed by atoms with Crippen LogP contribution >= 0.6 is 0 Å². The monoisotopic (exact) mass is 194 g/mol. The maximum atomic E-state index is 5.86. The summed E-state index contributed by atoms with van der Waals surface area (Å²) in [5, 5.41) is 3.18. The Morgan fingerprint density at radius 3 is 2.79 bits per heavy atom. The van der Waals surface area contributed by atoms with Gasteiger partial charge in [0, 0.05) is 11.7 Å². The maximum absolute atomic E-state index is 5.86. The van der Waals surface area contributed by atoms with Gasteiger partial charge < -0.3 is 15.8 Å². The van der Waals surface area contributed by atoms with Crippen LogP contribution in [0.5, 0.6) is 5.75 Å². The number of ether oxygens (including phenoxy) is 1. The van der Waals surface area contributed by atoms with Gasteiger partial charge in [0.25, 0.3) is 0 Å². The Morgan fingerprint density at radius 2 is 2.21 bits per heavy atom. The second-order valence-electron chi connectivity index (χ2n) is 3.46. The first-order chi connectivity index (χ1) is 6.67. The normalized spacial score (nSPS) is 12.5. The zero-order valence-electron chi connectivity index (χ0n) is 9.00. The summed E-state index contributed by atoms with van der Waals surface area (Å²) in [7, 11) is 3.61. The summed E-state index contributed by atoms with van der Waals surface area (Å²) in [5.41, 5.74) is 7.82. The number of rotatable bonds is 4. The fourth-order valence-electron chi connectivity index (χ4n) is 1.32. The molecule has 0 amide bonds. The van der Waals surface area contributed by atoms with E-state index in [-0.39, 0.29) is 0 Å². The van der Waals surface area contributed by atoms with Crippen LogP contribution in [-0.4, -0.2) is 20.2 Å². The zero-order valence-corrected chi connectivity index (χ0v) is 9.00. The molecule has 0 radical (unpaired) electrons. The molecule has 0 bridgehead atoms. The highest BCUT2D eigenvalue weighted by atomic mass is 16.5. The number of nitrogen functional groups attached to an aromatic ring is 1. The molecule has 0 heterocycles. The van der Waals surface area contributed by atoms with Gasteiger partial charge in [-0.25, -0.2) is 0 Å². The highest BCUT2D eigenvalue weighted by Gasteiger charge is 2.05. The van der Waals surface area contributed by atoms with E-state index in [9.17, 15) is 0 Å². The molecular weight excluding hydrogens is 176 g/mol. The second kappa shape index (κ2) is 4.86. The second-order valence-corrected chi connectivity index (χ2v) is 3.46. The molecule has 1 unspecified atom stereocenters. The zero-order chi connectivity index (χ0) is 10.6. The van der Waals surface area contributed by atoms with Gasteiger partial charge in [0.1, 0.15) is 5.75 Å². The van der Waals surface area contributed by atoms with Crippen molar-refractivity contribution < 1.29 is 4.74 Å². The number of benzene rings is 1. The maximum Gasteiger partial charge on any atom is 0.119 e. The minimum Gasteiger partial charge on any atom is -0.497 e. The van der Waals surface area contributed by atoms with Crippen LogP contribution in [0.1, 0.15) is 12.5 Å². The van der Waals surface area contributed by atoms with Crippen molar-refractivity contribution >= 4 is 5.69 Å².